The molecule has 0 aliphatic carbocycles. The third-order valence-electron chi connectivity index (χ3n) is 6.35. The van der Waals surface area contributed by atoms with Gasteiger partial charge >= 0.3 is 0 Å². The average molecular weight is 481 g/mol. The smallest absolute Gasteiger partial charge is 0.254 e. The van der Waals surface area contributed by atoms with E-state index in [1.165, 1.54) is 24.4 Å². The third kappa shape index (κ3) is 5.89. The molecule has 1 saturated heterocycles. The summed E-state index contributed by atoms with van der Waals surface area (Å²) < 4.78 is 25.6. The van der Waals surface area contributed by atoms with Gasteiger partial charge in [-0.25, -0.2) is 4.39 Å². The van der Waals surface area contributed by atoms with Gasteiger partial charge in [0, 0.05) is 37.7 Å². The van der Waals surface area contributed by atoms with Crippen LogP contribution in [0.15, 0.2) is 36.4 Å². The molecule has 1 atom stereocenters. The van der Waals surface area contributed by atoms with Gasteiger partial charge in [0.05, 0.1) is 31.3 Å². The Morgan fingerprint density at radius 1 is 1.17 bits per heavy atom. The number of amides is 3. The summed E-state index contributed by atoms with van der Waals surface area (Å²) in [7, 11) is 1.54. The first-order chi connectivity index (χ1) is 16.9. The predicted molar refractivity (Wildman–Crippen MR) is 129 cm³/mol. The number of carbonyl (C=O) groups is 3. The molecule has 0 bridgehead atoms. The van der Waals surface area contributed by atoms with Gasteiger partial charge in [0.15, 0.2) is 0 Å². The molecule has 0 saturated carbocycles. The van der Waals surface area contributed by atoms with Crippen molar-refractivity contribution in [2.24, 2.45) is 0 Å². The lowest BCUT2D eigenvalue weighted by atomic mass is 9.93. The van der Waals surface area contributed by atoms with E-state index in [2.05, 4.69) is 10.2 Å². The molecule has 2 aromatic rings. The summed E-state index contributed by atoms with van der Waals surface area (Å²) in [5.74, 6) is -2.67. The van der Waals surface area contributed by atoms with Crippen LogP contribution in [0.5, 0.6) is 5.75 Å². The molecule has 35 heavy (non-hydrogen) atoms. The fourth-order valence-electron chi connectivity index (χ4n) is 4.20. The van der Waals surface area contributed by atoms with Crippen molar-refractivity contribution in [2.45, 2.75) is 39.0 Å². The monoisotopic (exact) mass is 481 g/mol. The maximum absolute atomic E-state index is 14.3. The summed E-state index contributed by atoms with van der Waals surface area (Å²) in [4.78, 5) is 40.5. The largest absolute Gasteiger partial charge is 0.488 e. The summed E-state index contributed by atoms with van der Waals surface area (Å²) >= 11 is 0. The number of nitrogens with zero attached hydrogens (tertiary/aromatic N) is 2. The van der Waals surface area contributed by atoms with E-state index in [4.69, 9.17) is 9.47 Å². The maximum Gasteiger partial charge on any atom is 0.254 e. The van der Waals surface area contributed by atoms with Crippen LogP contribution in [0.2, 0.25) is 0 Å². The van der Waals surface area contributed by atoms with Gasteiger partial charge in [0.25, 0.3) is 5.91 Å². The molecule has 0 spiro atoms. The van der Waals surface area contributed by atoms with Crippen molar-refractivity contribution >= 4 is 25.6 Å². The normalized spacial score (nSPS) is 16.6. The molecule has 2 aliphatic heterocycles. The molecule has 0 radical (unpaired) electrons. The van der Waals surface area contributed by atoms with Crippen LogP contribution in [0.3, 0.4) is 0 Å². The van der Waals surface area contributed by atoms with Crippen LogP contribution in [0.4, 0.5) is 4.39 Å². The van der Waals surface area contributed by atoms with Gasteiger partial charge in [-0.15, -0.1) is 0 Å². The molecule has 4 rings (SSSR count). The van der Waals surface area contributed by atoms with E-state index in [1.54, 1.807) is 6.92 Å². The summed E-state index contributed by atoms with van der Waals surface area (Å²) in [5.41, 5.74) is 2.81. The Bertz CT molecular complexity index is 1110. The maximum atomic E-state index is 14.3. The first-order valence-electron chi connectivity index (χ1n) is 11.8. The minimum Gasteiger partial charge on any atom is -0.488 e. The second-order valence-corrected chi connectivity index (χ2v) is 8.80. The second-order valence-electron chi connectivity index (χ2n) is 8.80. The summed E-state index contributed by atoms with van der Waals surface area (Å²) in [6.07, 6.45) is 0.157. The Morgan fingerprint density at radius 2 is 1.86 bits per heavy atom. The zero-order chi connectivity index (χ0) is 24.9. The summed E-state index contributed by atoms with van der Waals surface area (Å²) in [6, 6.07) is 10.5. The molecule has 1 fully saturated rings. The van der Waals surface area contributed by atoms with Gasteiger partial charge in [-0.2, -0.15) is 0 Å². The molecule has 184 valence electrons. The predicted octanol–water partition coefficient (Wildman–Crippen LogP) is 1.20. The van der Waals surface area contributed by atoms with E-state index in [9.17, 15) is 18.8 Å². The standard InChI is InChI=1S/C25H29BFN3O5/c1-2-22(31)28-24(32)23(26)30-14-20-19(25(30)33)11-18(27)12-21(20)35-15-17-5-3-16(4-6-17)13-29-7-9-34-10-8-29/h3-6,11-12,23H,2,7-10,13-15,26H2,1H3,(H,28,31,32). The zero-order valence-corrected chi connectivity index (χ0v) is 20.0. The number of hydrogen-bond acceptors (Lipinski definition) is 6. The first kappa shape index (κ1) is 24.9. The van der Waals surface area contributed by atoms with Crippen LogP contribution in [0.25, 0.3) is 0 Å². The van der Waals surface area contributed by atoms with E-state index >= 15 is 0 Å². The fraction of sp³-hybridized carbons (Fsp3) is 0.400. The average Bonchev–Trinajstić information content (AvgIpc) is 3.19. The van der Waals surface area contributed by atoms with Crippen molar-refractivity contribution in [1.29, 1.82) is 0 Å². The van der Waals surface area contributed by atoms with Gasteiger partial charge in [-0.05, 0) is 17.2 Å². The van der Waals surface area contributed by atoms with Crippen LogP contribution in [0.1, 0.15) is 40.4 Å². The van der Waals surface area contributed by atoms with E-state index in [-0.39, 0.29) is 30.9 Å². The molecule has 3 amide bonds. The highest BCUT2D eigenvalue weighted by molar-refractivity contribution is 6.27. The molecule has 10 heteroatoms. The molecule has 1 N–H and O–H groups in total. The number of imide groups is 1. The highest BCUT2D eigenvalue weighted by Crippen LogP contribution is 2.33. The van der Waals surface area contributed by atoms with Crippen molar-refractivity contribution in [3.05, 3.63) is 64.5 Å². The zero-order valence-electron chi connectivity index (χ0n) is 20.0. The number of morpholine rings is 1. The molecule has 0 aromatic heterocycles. The fourth-order valence-corrected chi connectivity index (χ4v) is 4.20. The highest BCUT2D eigenvalue weighted by Gasteiger charge is 2.36. The number of fused-ring (bicyclic) bond motifs is 1. The van der Waals surface area contributed by atoms with Gasteiger partial charge in [0.1, 0.15) is 26.0 Å². The van der Waals surface area contributed by atoms with Crippen LogP contribution >= 0.6 is 0 Å². The van der Waals surface area contributed by atoms with Crippen LogP contribution in [-0.2, 0) is 34.0 Å². The minimum absolute atomic E-state index is 0.0944. The van der Waals surface area contributed by atoms with E-state index < -0.39 is 29.5 Å². The van der Waals surface area contributed by atoms with Crippen molar-refractivity contribution < 1.29 is 28.2 Å². The van der Waals surface area contributed by atoms with Crippen molar-refractivity contribution in [2.75, 3.05) is 26.3 Å². The van der Waals surface area contributed by atoms with Gasteiger partial charge < -0.3 is 14.4 Å². The molecule has 1 unspecified atom stereocenters. The molecular formula is C25H29BFN3O5. The van der Waals surface area contributed by atoms with Crippen molar-refractivity contribution in [3.63, 3.8) is 0 Å². The number of ether oxygens (including phenoxy) is 2. The Morgan fingerprint density at radius 3 is 2.54 bits per heavy atom. The lowest BCUT2D eigenvalue weighted by Gasteiger charge is -2.26. The number of nitrogens with one attached hydrogen (secondary N) is 1. The Hall–Kier alpha value is -3.24. The lowest BCUT2D eigenvalue weighted by molar-refractivity contribution is -0.131. The van der Waals surface area contributed by atoms with E-state index in [0.717, 1.165) is 44.5 Å². The molecule has 8 nitrogen and oxygen atoms in total. The quantitative estimate of drug-likeness (QED) is 0.571. The number of benzene rings is 2. The Balaban J connectivity index is 1.42. The van der Waals surface area contributed by atoms with Crippen LogP contribution < -0.4 is 10.1 Å². The lowest BCUT2D eigenvalue weighted by Crippen LogP contribution is -2.49. The van der Waals surface area contributed by atoms with Crippen LogP contribution in [0, 0.1) is 5.82 Å². The van der Waals surface area contributed by atoms with Gasteiger partial charge in [0.2, 0.25) is 11.8 Å². The van der Waals surface area contributed by atoms with Gasteiger partial charge in [-0.3, -0.25) is 24.6 Å². The SMILES string of the molecule is BC(C(=O)NC(=O)CC)N1Cc2c(OCc3ccc(CN4CCOCC4)cc3)cc(F)cc2C1=O. The number of rotatable bonds is 8. The molecule has 2 heterocycles. The van der Waals surface area contributed by atoms with E-state index in [0.29, 0.717) is 5.56 Å². The van der Waals surface area contributed by atoms with Crippen molar-refractivity contribution in [3.8, 4) is 5.75 Å². The minimum atomic E-state index is -0.889. The summed E-state index contributed by atoms with van der Waals surface area (Å²) in [6.45, 7) is 6.14. The summed E-state index contributed by atoms with van der Waals surface area (Å²) in [5, 5.41) is 2.27. The number of halogens is 1. The van der Waals surface area contributed by atoms with Gasteiger partial charge in [-0.1, -0.05) is 31.2 Å². The molecule has 2 aliphatic rings. The highest BCUT2D eigenvalue weighted by atomic mass is 19.1. The van der Waals surface area contributed by atoms with E-state index in [1.807, 2.05) is 24.3 Å². The second kappa shape index (κ2) is 11.0. The number of carbonyl (C=O) groups excluding carboxylic acids is 3. The van der Waals surface area contributed by atoms with Crippen molar-refractivity contribution in [1.82, 2.24) is 15.1 Å². The Labute approximate surface area is 204 Å². The first-order valence-corrected chi connectivity index (χ1v) is 11.8. The topological polar surface area (TPSA) is 88.2 Å². The molecular weight excluding hydrogens is 452 g/mol. The Kier molecular flexibility index (Phi) is 7.82. The van der Waals surface area contributed by atoms with Crippen LogP contribution in [-0.4, -0.2) is 67.6 Å². The molecule has 2 aromatic carbocycles. The third-order valence-corrected chi connectivity index (χ3v) is 6.35. The number of hydrogen-bond donors (Lipinski definition) is 1.